The van der Waals surface area contributed by atoms with Gasteiger partial charge in [-0.15, -0.1) is 0 Å². The van der Waals surface area contributed by atoms with Crippen molar-refractivity contribution in [3.63, 3.8) is 0 Å². The van der Waals surface area contributed by atoms with Crippen molar-refractivity contribution in [3.8, 4) is 0 Å². The Hall–Kier alpha value is -3.99. The van der Waals surface area contributed by atoms with Gasteiger partial charge in [-0.2, -0.15) is 13.2 Å². The van der Waals surface area contributed by atoms with Crippen molar-refractivity contribution in [3.05, 3.63) is 89.5 Å². The number of thioether (sulfide) groups is 1. The number of halogens is 3. The number of alkyl halides is 3. The number of benzene rings is 3. The number of carbonyl (C=O) groups excluding carboxylic acids is 2. The van der Waals surface area contributed by atoms with E-state index in [0.717, 1.165) is 12.8 Å². The van der Waals surface area contributed by atoms with Crippen LogP contribution in [0.4, 0.5) is 29.3 Å². The monoisotopic (exact) mass is 599 g/mol. The largest absolute Gasteiger partial charge is 0.481 e. The fourth-order valence-electron chi connectivity index (χ4n) is 4.93. The first-order valence-corrected chi connectivity index (χ1v) is 14.5. The SMILES string of the molecule is O=C(O)CCNC(=O)c1ccc(CN(C(=O)Nc2cccc(SC(F)(F)F)c2)c2ccc(C3CCCCC3)cc2)cc1. The predicted molar refractivity (Wildman–Crippen MR) is 157 cm³/mol. The summed E-state index contributed by atoms with van der Waals surface area (Å²) in [4.78, 5) is 38.0. The summed E-state index contributed by atoms with van der Waals surface area (Å²) in [5.41, 5.74) is -1.33. The van der Waals surface area contributed by atoms with Crippen LogP contribution in [-0.4, -0.2) is 35.1 Å². The van der Waals surface area contributed by atoms with E-state index in [1.807, 2.05) is 24.3 Å². The Kier molecular flexibility index (Phi) is 10.5. The molecule has 1 aliphatic rings. The van der Waals surface area contributed by atoms with E-state index in [0.29, 0.717) is 22.7 Å². The second-order valence-electron chi connectivity index (χ2n) is 10.1. The topological polar surface area (TPSA) is 98.7 Å². The van der Waals surface area contributed by atoms with Crippen LogP contribution in [0.5, 0.6) is 0 Å². The number of nitrogens with zero attached hydrogens (tertiary/aromatic N) is 1. The Balaban J connectivity index is 1.53. The van der Waals surface area contributed by atoms with Crippen molar-refractivity contribution in [1.29, 1.82) is 0 Å². The third-order valence-corrected chi connectivity index (χ3v) is 7.75. The fourth-order valence-corrected chi connectivity index (χ4v) is 5.53. The molecular weight excluding hydrogens is 567 g/mol. The Morgan fingerprint density at radius 2 is 1.62 bits per heavy atom. The highest BCUT2D eigenvalue weighted by Gasteiger charge is 2.29. The summed E-state index contributed by atoms with van der Waals surface area (Å²) in [5.74, 6) is -0.938. The lowest BCUT2D eigenvalue weighted by atomic mass is 9.84. The fraction of sp³-hybridized carbons (Fsp3) is 0.323. The molecule has 0 spiro atoms. The van der Waals surface area contributed by atoms with Gasteiger partial charge in [0.25, 0.3) is 5.91 Å². The molecule has 0 heterocycles. The maximum atomic E-state index is 13.5. The van der Waals surface area contributed by atoms with Gasteiger partial charge in [0.2, 0.25) is 0 Å². The maximum absolute atomic E-state index is 13.5. The molecule has 0 radical (unpaired) electrons. The van der Waals surface area contributed by atoms with E-state index >= 15 is 0 Å². The minimum Gasteiger partial charge on any atom is -0.481 e. The lowest BCUT2D eigenvalue weighted by Crippen LogP contribution is -2.34. The van der Waals surface area contributed by atoms with Crippen LogP contribution in [0.15, 0.2) is 77.7 Å². The molecule has 0 bridgehead atoms. The minimum atomic E-state index is -4.45. The lowest BCUT2D eigenvalue weighted by Gasteiger charge is -2.26. The zero-order valence-corrected chi connectivity index (χ0v) is 23.6. The van der Waals surface area contributed by atoms with E-state index in [2.05, 4.69) is 10.6 Å². The van der Waals surface area contributed by atoms with Gasteiger partial charge in [0.1, 0.15) is 0 Å². The Bertz CT molecular complexity index is 1380. The lowest BCUT2D eigenvalue weighted by molar-refractivity contribution is -0.136. The quantitative estimate of drug-likeness (QED) is 0.207. The molecule has 3 N–H and O–H groups in total. The van der Waals surface area contributed by atoms with E-state index < -0.39 is 23.4 Å². The third-order valence-electron chi connectivity index (χ3n) is 7.03. The number of hydrogen-bond acceptors (Lipinski definition) is 4. The van der Waals surface area contributed by atoms with Crippen LogP contribution in [0.1, 0.15) is 65.9 Å². The number of amides is 3. The number of carbonyl (C=O) groups is 3. The van der Waals surface area contributed by atoms with Crippen molar-refractivity contribution >= 4 is 41.0 Å². The average molecular weight is 600 g/mol. The highest BCUT2D eigenvalue weighted by molar-refractivity contribution is 8.00. The molecule has 0 saturated heterocycles. The van der Waals surface area contributed by atoms with E-state index in [1.54, 1.807) is 24.3 Å². The van der Waals surface area contributed by atoms with Gasteiger partial charge in [0, 0.05) is 28.4 Å². The molecule has 3 aromatic rings. The van der Waals surface area contributed by atoms with Gasteiger partial charge in [-0.1, -0.05) is 49.6 Å². The van der Waals surface area contributed by atoms with Gasteiger partial charge < -0.3 is 15.7 Å². The van der Waals surface area contributed by atoms with Crippen LogP contribution in [0.2, 0.25) is 0 Å². The number of carboxylic acids is 1. The summed E-state index contributed by atoms with van der Waals surface area (Å²) in [6.45, 7) is 0.135. The molecule has 1 aliphatic carbocycles. The number of nitrogens with one attached hydrogen (secondary N) is 2. The number of rotatable bonds is 10. The zero-order chi connectivity index (χ0) is 30.1. The first-order chi connectivity index (χ1) is 20.1. The second kappa shape index (κ2) is 14.3. The zero-order valence-electron chi connectivity index (χ0n) is 22.8. The van der Waals surface area contributed by atoms with Crippen molar-refractivity contribution in [1.82, 2.24) is 5.32 Å². The molecule has 0 atom stereocenters. The van der Waals surface area contributed by atoms with Crippen molar-refractivity contribution < 1.29 is 32.7 Å². The highest BCUT2D eigenvalue weighted by Crippen LogP contribution is 2.38. The van der Waals surface area contributed by atoms with Gasteiger partial charge in [-0.05, 0) is 84.1 Å². The molecule has 11 heteroatoms. The maximum Gasteiger partial charge on any atom is 0.446 e. The normalized spacial score (nSPS) is 13.8. The van der Waals surface area contributed by atoms with Crippen LogP contribution in [0, 0.1) is 0 Å². The number of hydrogen-bond donors (Lipinski definition) is 3. The van der Waals surface area contributed by atoms with Crippen LogP contribution in [0.3, 0.4) is 0 Å². The Morgan fingerprint density at radius 3 is 2.26 bits per heavy atom. The smallest absolute Gasteiger partial charge is 0.446 e. The number of urea groups is 1. The molecule has 1 saturated carbocycles. The minimum absolute atomic E-state index is 0.00337. The Morgan fingerprint density at radius 1 is 0.929 bits per heavy atom. The van der Waals surface area contributed by atoms with E-state index in [-0.39, 0.29) is 41.9 Å². The van der Waals surface area contributed by atoms with Crippen molar-refractivity contribution in [2.24, 2.45) is 0 Å². The molecule has 1 fully saturated rings. The molecular formula is C31H32F3N3O4S. The van der Waals surface area contributed by atoms with Crippen molar-refractivity contribution in [2.75, 3.05) is 16.8 Å². The summed E-state index contributed by atoms with van der Waals surface area (Å²) in [7, 11) is 0. The molecule has 7 nitrogen and oxygen atoms in total. The first-order valence-electron chi connectivity index (χ1n) is 13.7. The summed E-state index contributed by atoms with van der Waals surface area (Å²) < 4.78 is 38.7. The van der Waals surface area contributed by atoms with Crippen LogP contribution >= 0.6 is 11.8 Å². The summed E-state index contributed by atoms with van der Waals surface area (Å²) in [6, 6.07) is 19.4. The van der Waals surface area contributed by atoms with Gasteiger partial charge in [-0.3, -0.25) is 14.5 Å². The first kappa shape index (κ1) is 31.0. The molecule has 3 amide bonds. The molecule has 4 rings (SSSR count). The van der Waals surface area contributed by atoms with Crippen LogP contribution in [0.25, 0.3) is 0 Å². The number of carboxylic acid groups (broad SMARTS) is 1. The van der Waals surface area contributed by atoms with Gasteiger partial charge in [-0.25, -0.2) is 4.79 Å². The van der Waals surface area contributed by atoms with E-state index in [1.165, 1.54) is 54.0 Å². The van der Waals surface area contributed by atoms with Crippen LogP contribution in [-0.2, 0) is 11.3 Å². The summed E-state index contributed by atoms with van der Waals surface area (Å²) in [6.07, 6.45) is 5.71. The van der Waals surface area contributed by atoms with Gasteiger partial charge >= 0.3 is 17.5 Å². The van der Waals surface area contributed by atoms with E-state index in [4.69, 9.17) is 5.11 Å². The molecule has 0 aliphatic heterocycles. The highest BCUT2D eigenvalue weighted by atomic mass is 32.2. The third kappa shape index (κ3) is 9.27. The van der Waals surface area contributed by atoms with Gasteiger partial charge in [0.05, 0.1) is 13.0 Å². The number of aliphatic carboxylic acids is 1. The molecule has 0 unspecified atom stereocenters. The van der Waals surface area contributed by atoms with Crippen molar-refractivity contribution in [2.45, 2.75) is 61.4 Å². The Labute approximate surface area is 246 Å². The number of anilines is 2. The molecule has 0 aromatic heterocycles. The molecule has 3 aromatic carbocycles. The molecule has 42 heavy (non-hydrogen) atoms. The summed E-state index contributed by atoms with van der Waals surface area (Å²) >= 11 is -0.252. The van der Waals surface area contributed by atoms with E-state index in [9.17, 15) is 27.6 Å². The van der Waals surface area contributed by atoms with Crippen LogP contribution < -0.4 is 15.5 Å². The predicted octanol–water partition coefficient (Wildman–Crippen LogP) is 7.79. The second-order valence-corrected chi connectivity index (χ2v) is 11.3. The van der Waals surface area contributed by atoms with Gasteiger partial charge in [0.15, 0.2) is 0 Å². The standard InChI is InChI=1S/C31H32F3N3O4S/c32-31(33,34)42-27-8-4-7-25(19-27)36-30(41)37(26-15-13-23(14-16-26)22-5-2-1-3-6-22)20-21-9-11-24(12-10-21)29(40)35-18-17-28(38)39/h4,7-16,19,22H,1-3,5-6,17-18,20H2,(H,35,40)(H,36,41)(H,38,39). The summed E-state index contributed by atoms with van der Waals surface area (Å²) in [5, 5.41) is 14.0. The average Bonchev–Trinajstić information content (AvgIpc) is 2.96. The molecule has 222 valence electrons.